The number of nitrogens with one attached hydrogen (secondary N) is 1. The maximum Gasteiger partial charge on any atom is 0.159 e. The molecule has 2 aromatic rings. The van der Waals surface area contributed by atoms with Gasteiger partial charge in [-0.25, -0.2) is 0 Å². The van der Waals surface area contributed by atoms with Crippen LogP contribution in [0.2, 0.25) is 0 Å². The number of carbonyl (C=O) groups excluding carboxylic acids is 1. The topological polar surface area (TPSA) is 32.9 Å². The third-order valence-electron chi connectivity index (χ3n) is 3.31. The molecule has 0 saturated carbocycles. The first kappa shape index (κ1) is 13.3. The Labute approximate surface area is 113 Å². The summed E-state index contributed by atoms with van der Waals surface area (Å²) in [5, 5.41) is 1.26. The Morgan fingerprint density at radius 2 is 2.11 bits per heavy atom. The van der Waals surface area contributed by atoms with Crippen molar-refractivity contribution >= 4 is 16.7 Å². The van der Waals surface area contributed by atoms with Crippen molar-refractivity contribution in [3.63, 3.8) is 0 Å². The molecule has 2 nitrogen and oxygen atoms in total. The van der Waals surface area contributed by atoms with E-state index in [0.717, 1.165) is 17.5 Å². The van der Waals surface area contributed by atoms with Crippen LogP contribution in [0.3, 0.4) is 0 Å². The van der Waals surface area contributed by atoms with Gasteiger partial charge >= 0.3 is 0 Å². The Bertz CT molecular complexity index is 674. The minimum atomic E-state index is 0.0243. The van der Waals surface area contributed by atoms with E-state index in [2.05, 4.69) is 36.7 Å². The second-order valence-electron chi connectivity index (χ2n) is 5.10. The number of aryl methyl sites for hydroxylation is 1. The van der Waals surface area contributed by atoms with Crippen molar-refractivity contribution in [2.24, 2.45) is 0 Å². The highest BCUT2D eigenvalue weighted by Crippen LogP contribution is 2.20. The van der Waals surface area contributed by atoms with E-state index in [1.807, 2.05) is 19.2 Å². The lowest BCUT2D eigenvalue weighted by atomic mass is 10.0. The van der Waals surface area contributed by atoms with E-state index >= 15 is 0 Å². The zero-order valence-electron chi connectivity index (χ0n) is 11.7. The molecule has 0 aliphatic heterocycles. The number of ketones is 1. The normalized spacial score (nSPS) is 11.8. The van der Waals surface area contributed by atoms with Gasteiger partial charge in [0.05, 0.1) is 0 Å². The van der Waals surface area contributed by atoms with Crippen molar-refractivity contribution in [2.45, 2.75) is 27.2 Å². The van der Waals surface area contributed by atoms with Crippen molar-refractivity contribution < 1.29 is 4.79 Å². The summed E-state index contributed by atoms with van der Waals surface area (Å²) < 4.78 is 0. The van der Waals surface area contributed by atoms with Crippen LogP contribution in [0.1, 0.15) is 25.0 Å². The molecule has 0 fully saturated rings. The van der Waals surface area contributed by atoms with Crippen molar-refractivity contribution in [1.82, 2.24) is 4.98 Å². The smallest absolute Gasteiger partial charge is 0.159 e. The lowest BCUT2D eigenvalue weighted by Crippen LogP contribution is -1.94. The van der Waals surface area contributed by atoms with Crippen LogP contribution in [0, 0.1) is 6.92 Å². The number of carbonyl (C=O) groups is 1. The van der Waals surface area contributed by atoms with Gasteiger partial charge in [0.25, 0.3) is 0 Å². The molecule has 0 bridgehead atoms. The van der Waals surface area contributed by atoms with Crippen LogP contribution < -0.4 is 0 Å². The number of Topliss-reactive ketones (excluding diaryl/α,β-unsaturated/α-hetero) is 1. The molecule has 0 amide bonds. The summed E-state index contributed by atoms with van der Waals surface area (Å²) in [7, 11) is 0. The fourth-order valence-electron chi connectivity index (χ4n) is 2.19. The van der Waals surface area contributed by atoms with E-state index in [0.29, 0.717) is 5.57 Å². The molecular formula is C17H19NO. The Balaban J connectivity index is 2.23. The summed E-state index contributed by atoms with van der Waals surface area (Å²) in [5.41, 5.74) is 5.38. The van der Waals surface area contributed by atoms with Crippen LogP contribution in [0.25, 0.3) is 10.9 Å². The maximum absolute atomic E-state index is 11.2. The Hall–Kier alpha value is -2.09. The number of fused-ring (bicyclic) bond motifs is 1. The zero-order valence-corrected chi connectivity index (χ0v) is 11.7. The number of benzene rings is 1. The van der Waals surface area contributed by atoms with Crippen LogP contribution in [-0.2, 0) is 11.2 Å². The fraction of sp³-hybridized carbons (Fsp3) is 0.235. The van der Waals surface area contributed by atoms with Gasteiger partial charge in [0, 0.05) is 22.7 Å². The highest BCUT2D eigenvalue weighted by atomic mass is 16.1. The number of hydrogen-bond acceptors (Lipinski definition) is 1. The first-order valence-corrected chi connectivity index (χ1v) is 6.41. The van der Waals surface area contributed by atoms with Gasteiger partial charge in [0.2, 0.25) is 0 Å². The van der Waals surface area contributed by atoms with E-state index in [-0.39, 0.29) is 5.78 Å². The van der Waals surface area contributed by atoms with Gasteiger partial charge in [-0.15, -0.1) is 0 Å². The third kappa shape index (κ3) is 3.02. The molecule has 0 aliphatic carbocycles. The van der Waals surface area contributed by atoms with Crippen molar-refractivity contribution in [3.05, 3.63) is 59.3 Å². The minimum absolute atomic E-state index is 0.0243. The summed E-state index contributed by atoms with van der Waals surface area (Å²) >= 11 is 0. The Morgan fingerprint density at radius 1 is 1.37 bits per heavy atom. The maximum atomic E-state index is 11.2. The Morgan fingerprint density at radius 3 is 2.79 bits per heavy atom. The molecule has 0 spiro atoms. The molecule has 0 saturated heterocycles. The van der Waals surface area contributed by atoms with Crippen LogP contribution in [-0.4, -0.2) is 10.8 Å². The third-order valence-corrected chi connectivity index (χ3v) is 3.31. The van der Waals surface area contributed by atoms with E-state index in [1.54, 1.807) is 6.92 Å². The van der Waals surface area contributed by atoms with Crippen molar-refractivity contribution in [2.75, 3.05) is 0 Å². The quantitative estimate of drug-likeness (QED) is 0.645. The molecule has 1 aromatic carbocycles. The molecule has 1 aromatic heterocycles. The highest BCUT2D eigenvalue weighted by molar-refractivity contribution is 5.95. The van der Waals surface area contributed by atoms with Gasteiger partial charge < -0.3 is 4.98 Å². The molecule has 1 heterocycles. The summed E-state index contributed by atoms with van der Waals surface area (Å²) in [6.07, 6.45) is 4.73. The lowest BCUT2D eigenvalue weighted by molar-refractivity contribution is -0.113. The predicted octanol–water partition coefficient (Wildman–Crippen LogP) is 4.11. The average Bonchev–Trinajstić information content (AvgIpc) is 2.70. The van der Waals surface area contributed by atoms with E-state index < -0.39 is 0 Å². The number of rotatable bonds is 4. The molecule has 19 heavy (non-hydrogen) atoms. The Kier molecular flexibility index (Phi) is 3.70. The second-order valence-corrected chi connectivity index (χ2v) is 5.10. The molecule has 2 rings (SSSR count). The van der Waals surface area contributed by atoms with Crippen molar-refractivity contribution in [1.29, 1.82) is 0 Å². The summed E-state index contributed by atoms with van der Waals surface area (Å²) in [5.74, 6) is 0.0243. The highest BCUT2D eigenvalue weighted by Gasteiger charge is 2.03. The molecule has 0 radical (unpaired) electrons. The molecule has 0 aliphatic rings. The number of aromatic nitrogens is 1. The molecular weight excluding hydrogens is 234 g/mol. The van der Waals surface area contributed by atoms with E-state index in [1.165, 1.54) is 16.5 Å². The van der Waals surface area contributed by atoms with Crippen LogP contribution >= 0.6 is 0 Å². The second kappa shape index (κ2) is 5.27. The summed E-state index contributed by atoms with van der Waals surface area (Å²) in [6, 6.07) is 6.42. The molecule has 1 N–H and O–H groups in total. The van der Waals surface area contributed by atoms with E-state index in [9.17, 15) is 4.79 Å². The summed E-state index contributed by atoms with van der Waals surface area (Å²) in [4.78, 5) is 14.4. The number of H-pyrrole nitrogens is 1. The van der Waals surface area contributed by atoms with Crippen LogP contribution in [0.4, 0.5) is 0 Å². The van der Waals surface area contributed by atoms with Gasteiger partial charge in [-0.3, -0.25) is 4.79 Å². The number of aromatic amines is 1. The van der Waals surface area contributed by atoms with Gasteiger partial charge in [-0.2, -0.15) is 0 Å². The minimum Gasteiger partial charge on any atom is -0.361 e. The zero-order chi connectivity index (χ0) is 14.0. The molecule has 98 valence electrons. The van der Waals surface area contributed by atoms with Gasteiger partial charge in [0.1, 0.15) is 0 Å². The van der Waals surface area contributed by atoms with Gasteiger partial charge in [0.15, 0.2) is 5.78 Å². The largest absolute Gasteiger partial charge is 0.361 e. The predicted molar refractivity (Wildman–Crippen MR) is 80.3 cm³/mol. The number of hydrogen-bond donors (Lipinski definition) is 1. The molecule has 0 atom stereocenters. The van der Waals surface area contributed by atoms with Crippen LogP contribution in [0.5, 0.6) is 0 Å². The first-order valence-electron chi connectivity index (χ1n) is 6.41. The fourth-order valence-corrected chi connectivity index (χ4v) is 2.19. The SMILES string of the molecule is C=C(/C=C(\C)Cc1ccc2[nH]cc(C)c2c1)C(C)=O. The number of allylic oxidation sites excluding steroid dienone is 3. The molecule has 2 heteroatoms. The molecule has 0 unspecified atom stereocenters. The first-order chi connectivity index (χ1) is 8.97. The van der Waals surface area contributed by atoms with Gasteiger partial charge in [-0.05, 0) is 50.5 Å². The van der Waals surface area contributed by atoms with E-state index in [4.69, 9.17) is 0 Å². The van der Waals surface area contributed by atoms with Crippen LogP contribution in [0.15, 0.2) is 48.2 Å². The monoisotopic (exact) mass is 253 g/mol. The standard InChI is InChI=1S/C17H19NO/c1-11(7-12(2)14(4)19)8-15-5-6-17-16(9-15)13(3)10-18-17/h5-7,9-10,18H,2,8H2,1,3-4H3/b11-7+. The summed E-state index contributed by atoms with van der Waals surface area (Å²) in [6.45, 7) is 9.43. The lowest BCUT2D eigenvalue weighted by Gasteiger charge is -2.04. The average molecular weight is 253 g/mol. The van der Waals surface area contributed by atoms with Crippen molar-refractivity contribution in [3.8, 4) is 0 Å². The van der Waals surface area contributed by atoms with Gasteiger partial charge in [-0.1, -0.05) is 24.3 Å².